The van der Waals surface area contributed by atoms with Gasteiger partial charge in [-0.2, -0.15) is 0 Å². The number of aliphatic hydroxyl groups excluding tert-OH is 1. The molecule has 1 aromatic rings. The Kier molecular flexibility index (Phi) is 6.80. The number of hydrogen-bond donors (Lipinski definition) is 1. The highest BCUT2D eigenvalue weighted by atomic mass is 35.5. The van der Waals surface area contributed by atoms with Crippen molar-refractivity contribution in [1.82, 2.24) is 4.90 Å². The van der Waals surface area contributed by atoms with Crippen LogP contribution in [0.3, 0.4) is 0 Å². The Labute approximate surface area is 124 Å². The zero-order valence-electron chi connectivity index (χ0n) is 11.2. The molecule has 0 radical (unpaired) electrons. The maximum atomic E-state index is 12.2. The molecule has 0 bridgehead atoms. The van der Waals surface area contributed by atoms with E-state index in [9.17, 15) is 4.79 Å². The van der Waals surface area contributed by atoms with Gasteiger partial charge in [0.25, 0.3) is 0 Å². The van der Waals surface area contributed by atoms with E-state index >= 15 is 0 Å². The summed E-state index contributed by atoms with van der Waals surface area (Å²) in [6.45, 7) is 5.19. The molecule has 0 aliphatic rings. The molecule has 0 heterocycles. The summed E-state index contributed by atoms with van der Waals surface area (Å²) < 4.78 is 0. The smallest absolute Gasteiger partial charge is 0.176 e. The van der Waals surface area contributed by atoms with Crippen molar-refractivity contribution in [3.63, 3.8) is 0 Å². The normalized spacial score (nSPS) is 11.3. The molecule has 0 aliphatic carbocycles. The molecule has 1 N–H and O–H groups in total. The lowest BCUT2D eigenvalue weighted by atomic mass is 10.1. The van der Waals surface area contributed by atoms with Crippen LogP contribution in [0.25, 0.3) is 0 Å². The largest absolute Gasteiger partial charge is 0.396 e. The first-order valence-corrected chi connectivity index (χ1v) is 7.04. The monoisotopic (exact) mass is 303 g/mol. The fourth-order valence-corrected chi connectivity index (χ4v) is 2.04. The number of halogens is 2. The zero-order chi connectivity index (χ0) is 14.4. The van der Waals surface area contributed by atoms with Crippen molar-refractivity contribution < 1.29 is 9.90 Å². The highest BCUT2D eigenvalue weighted by Crippen LogP contribution is 2.23. The van der Waals surface area contributed by atoms with Gasteiger partial charge in [-0.1, -0.05) is 23.2 Å². The van der Waals surface area contributed by atoms with Crippen LogP contribution in [0.15, 0.2) is 18.2 Å². The molecule has 0 unspecified atom stereocenters. The van der Waals surface area contributed by atoms with E-state index in [1.54, 1.807) is 18.2 Å². The highest BCUT2D eigenvalue weighted by Gasteiger charge is 2.15. The Balaban J connectivity index is 2.73. The van der Waals surface area contributed by atoms with E-state index in [4.69, 9.17) is 28.3 Å². The quantitative estimate of drug-likeness (QED) is 0.786. The minimum Gasteiger partial charge on any atom is -0.396 e. The molecule has 0 aliphatic heterocycles. The van der Waals surface area contributed by atoms with Crippen LogP contribution in [0, 0.1) is 0 Å². The van der Waals surface area contributed by atoms with Crippen LogP contribution in [0.4, 0.5) is 0 Å². The summed E-state index contributed by atoms with van der Waals surface area (Å²) in [6.07, 6.45) is 0.660. The van der Waals surface area contributed by atoms with E-state index < -0.39 is 0 Å². The third kappa shape index (κ3) is 5.11. The lowest BCUT2D eigenvalue weighted by Crippen LogP contribution is -2.36. The number of aliphatic hydroxyl groups is 1. The summed E-state index contributed by atoms with van der Waals surface area (Å²) >= 11 is 11.7. The van der Waals surface area contributed by atoms with Gasteiger partial charge in [0.1, 0.15) is 0 Å². The van der Waals surface area contributed by atoms with Gasteiger partial charge in [0.15, 0.2) is 5.78 Å². The van der Waals surface area contributed by atoms with Crippen molar-refractivity contribution in [2.75, 3.05) is 19.7 Å². The SMILES string of the molecule is CC(C)N(CCCO)CC(=O)c1ccc(Cl)c(Cl)c1. The van der Waals surface area contributed by atoms with Crippen LogP contribution in [-0.4, -0.2) is 41.5 Å². The van der Waals surface area contributed by atoms with Crippen molar-refractivity contribution in [3.8, 4) is 0 Å². The number of Topliss-reactive ketones (excluding diaryl/α,β-unsaturated/α-hetero) is 1. The number of nitrogens with zero attached hydrogens (tertiary/aromatic N) is 1. The Bertz CT molecular complexity index is 435. The third-order valence-electron chi connectivity index (χ3n) is 2.92. The highest BCUT2D eigenvalue weighted by molar-refractivity contribution is 6.42. The van der Waals surface area contributed by atoms with Crippen LogP contribution in [0.5, 0.6) is 0 Å². The third-order valence-corrected chi connectivity index (χ3v) is 3.66. The van der Waals surface area contributed by atoms with Crippen LogP contribution in [0.2, 0.25) is 10.0 Å². The van der Waals surface area contributed by atoms with Gasteiger partial charge in [-0.3, -0.25) is 9.69 Å². The summed E-state index contributed by atoms with van der Waals surface area (Å²) in [6, 6.07) is 5.15. The number of hydrogen-bond acceptors (Lipinski definition) is 3. The minimum absolute atomic E-state index is 0.00482. The summed E-state index contributed by atoms with van der Waals surface area (Å²) in [5, 5.41) is 9.70. The molecule has 0 spiro atoms. The molecular weight excluding hydrogens is 285 g/mol. The maximum absolute atomic E-state index is 12.2. The molecule has 0 saturated heterocycles. The van der Waals surface area contributed by atoms with Gasteiger partial charge in [0.05, 0.1) is 16.6 Å². The minimum atomic E-state index is 0.00482. The van der Waals surface area contributed by atoms with Crippen molar-refractivity contribution in [3.05, 3.63) is 33.8 Å². The summed E-state index contributed by atoms with van der Waals surface area (Å²) in [5.74, 6) is 0.00482. The van der Waals surface area contributed by atoms with E-state index in [0.29, 0.717) is 35.1 Å². The number of rotatable bonds is 7. The van der Waals surface area contributed by atoms with E-state index in [2.05, 4.69) is 0 Å². The molecule has 0 amide bonds. The van der Waals surface area contributed by atoms with Gasteiger partial charge in [-0.05, 0) is 38.5 Å². The van der Waals surface area contributed by atoms with E-state index in [1.165, 1.54) is 0 Å². The van der Waals surface area contributed by atoms with Crippen molar-refractivity contribution >= 4 is 29.0 Å². The lowest BCUT2D eigenvalue weighted by Gasteiger charge is -2.25. The van der Waals surface area contributed by atoms with E-state index in [-0.39, 0.29) is 18.4 Å². The molecule has 3 nitrogen and oxygen atoms in total. The second-order valence-corrected chi connectivity index (χ2v) is 5.51. The number of carbonyl (C=O) groups excluding carboxylic acids is 1. The molecule has 0 saturated carbocycles. The van der Waals surface area contributed by atoms with Gasteiger partial charge in [0, 0.05) is 24.8 Å². The molecule has 0 aromatic heterocycles. The average molecular weight is 304 g/mol. The molecule has 0 fully saturated rings. The lowest BCUT2D eigenvalue weighted by molar-refractivity contribution is 0.0896. The Morgan fingerprint density at radius 1 is 1.32 bits per heavy atom. The molecule has 5 heteroatoms. The Hall–Kier alpha value is -0.610. The topological polar surface area (TPSA) is 40.5 Å². The van der Waals surface area contributed by atoms with Crippen molar-refractivity contribution in [1.29, 1.82) is 0 Å². The Morgan fingerprint density at radius 3 is 2.53 bits per heavy atom. The van der Waals surface area contributed by atoms with Gasteiger partial charge in [-0.15, -0.1) is 0 Å². The molecule has 19 heavy (non-hydrogen) atoms. The molecule has 1 aromatic carbocycles. The van der Waals surface area contributed by atoms with Gasteiger partial charge in [-0.25, -0.2) is 0 Å². The molecular formula is C14H19Cl2NO2. The summed E-state index contributed by atoms with van der Waals surface area (Å²) in [5.41, 5.74) is 0.559. The van der Waals surface area contributed by atoms with Crippen molar-refractivity contribution in [2.45, 2.75) is 26.3 Å². The summed E-state index contributed by atoms with van der Waals surface area (Å²) in [7, 11) is 0. The first-order valence-electron chi connectivity index (χ1n) is 6.29. The summed E-state index contributed by atoms with van der Waals surface area (Å²) in [4.78, 5) is 14.2. The van der Waals surface area contributed by atoms with Crippen LogP contribution >= 0.6 is 23.2 Å². The van der Waals surface area contributed by atoms with Gasteiger partial charge < -0.3 is 5.11 Å². The van der Waals surface area contributed by atoms with E-state index in [1.807, 2.05) is 18.7 Å². The Morgan fingerprint density at radius 2 is 2.00 bits per heavy atom. The van der Waals surface area contributed by atoms with Crippen molar-refractivity contribution in [2.24, 2.45) is 0 Å². The van der Waals surface area contributed by atoms with Crippen LogP contribution in [0.1, 0.15) is 30.6 Å². The molecule has 1 rings (SSSR count). The predicted molar refractivity (Wildman–Crippen MR) is 79.2 cm³/mol. The number of ketones is 1. The van der Waals surface area contributed by atoms with E-state index in [0.717, 1.165) is 0 Å². The zero-order valence-corrected chi connectivity index (χ0v) is 12.7. The number of carbonyl (C=O) groups is 1. The molecule has 0 atom stereocenters. The average Bonchev–Trinajstić information content (AvgIpc) is 2.37. The maximum Gasteiger partial charge on any atom is 0.176 e. The van der Waals surface area contributed by atoms with Crippen LogP contribution in [-0.2, 0) is 0 Å². The van der Waals surface area contributed by atoms with Crippen LogP contribution < -0.4 is 0 Å². The predicted octanol–water partition coefficient (Wildman–Crippen LogP) is 3.27. The van der Waals surface area contributed by atoms with Gasteiger partial charge in [0.2, 0.25) is 0 Å². The first kappa shape index (κ1) is 16.4. The standard InChI is InChI=1S/C14H19Cl2NO2/c1-10(2)17(6-3-7-18)9-14(19)11-4-5-12(15)13(16)8-11/h4-5,8,10,18H,3,6-7,9H2,1-2H3. The van der Waals surface area contributed by atoms with Gasteiger partial charge >= 0.3 is 0 Å². The first-order chi connectivity index (χ1) is 8.95. The second kappa shape index (κ2) is 7.85. The second-order valence-electron chi connectivity index (χ2n) is 4.69. The molecule has 106 valence electrons. The fraction of sp³-hybridized carbons (Fsp3) is 0.500. The number of benzene rings is 1. The fourth-order valence-electron chi connectivity index (χ4n) is 1.74.